The van der Waals surface area contributed by atoms with Crippen molar-refractivity contribution in [2.45, 2.75) is 49.5 Å². The van der Waals surface area contributed by atoms with Crippen LogP contribution in [0.1, 0.15) is 43.0 Å². The molecule has 1 aromatic carbocycles. The van der Waals surface area contributed by atoms with E-state index in [1.54, 1.807) is 11.8 Å². The summed E-state index contributed by atoms with van der Waals surface area (Å²) in [6, 6.07) is 8.35. The lowest BCUT2D eigenvalue weighted by molar-refractivity contribution is -0.131. The second kappa shape index (κ2) is 7.87. The van der Waals surface area contributed by atoms with E-state index in [2.05, 4.69) is 46.3 Å². The fourth-order valence-electron chi connectivity index (χ4n) is 3.86. The fraction of sp³-hybridized carbons (Fsp3) is 0.524. The predicted octanol–water partition coefficient (Wildman–Crippen LogP) is 3.96. The van der Waals surface area contributed by atoms with Crippen LogP contribution in [0.5, 0.6) is 0 Å². The molecular formula is C21H27N3OS. The minimum atomic E-state index is 0.243. The van der Waals surface area contributed by atoms with Crippen molar-refractivity contribution < 1.29 is 4.79 Å². The highest BCUT2D eigenvalue weighted by Gasteiger charge is 2.29. The topological polar surface area (TPSA) is 38.1 Å². The molecule has 0 radical (unpaired) electrons. The van der Waals surface area contributed by atoms with Gasteiger partial charge in [0.2, 0.25) is 5.91 Å². The number of likely N-dealkylation sites (tertiary alicyclic amines) is 1. The van der Waals surface area contributed by atoms with Crippen molar-refractivity contribution in [2.24, 2.45) is 5.92 Å². The van der Waals surface area contributed by atoms with E-state index >= 15 is 0 Å². The Hall–Kier alpha value is -1.75. The summed E-state index contributed by atoms with van der Waals surface area (Å²) >= 11 is 1.73. The molecule has 1 atom stereocenters. The molecule has 1 aliphatic carbocycles. The van der Waals surface area contributed by atoms with Crippen LogP contribution in [0.3, 0.4) is 0 Å². The molecule has 1 aromatic heterocycles. The van der Waals surface area contributed by atoms with Crippen molar-refractivity contribution in [3.05, 3.63) is 48.0 Å². The number of hydrogen-bond donors (Lipinski definition) is 0. The summed E-state index contributed by atoms with van der Waals surface area (Å²) in [5, 5.41) is 0. The van der Waals surface area contributed by atoms with Gasteiger partial charge in [-0.05, 0) is 55.6 Å². The predicted molar refractivity (Wildman–Crippen MR) is 105 cm³/mol. The normalized spacial score (nSPS) is 20.3. The summed E-state index contributed by atoms with van der Waals surface area (Å²) in [7, 11) is 0. The molecule has 2 fully saturated rings. The monoisotopic (exact) mass is 369 g/mol. The molecule has 1 saturated heterocycles. The Bertz CT molecular complexity index is 751. The van der Waals surface area contributed by atoms with Crippen molar-refractivity contribution in [1.82, 2.24) is 14.5 Å². The molecule has 4 rings (SSSR count). The number of carbonyl (C=O) groups excluding carboxylic acids is 1. The second-order valence-electron chi connectivity index (χ2n) is 7.58. The van der Waals surface area contributed by atoms with E-state index in [9.17, 15) is 4.79 Å². The third-order valence-electron chi connectivity index (χ3n) is 5.55. The molecule has 138 valence electrons. The number of carbonyl (C=O) groups is 1. The number of rotatable bonds is 6. The lowest BCUT2D eigenvalue weighted by Crippen LogP contribution is -2.40. The number of nitrogens with zero attached hydrogens (tertiary/aromatic N) is 3. The zero-order chi connectivity index (χ0) is 17.9. The van der Waals surface area contributed by atoms with Crippen LogP contribution in [0.4, 0.5) is 0 Å². The largest absolute Gasteiger partial charge is 0.342 e. The summed E-state index contributed by atoms with van der Waals surface area (Å²) < 4.78 is 2.33. The Morgan fingerprint density at radius 3 is 2.77 bits per heavy atom. The smallest absolute Gasteiger partial charge is 0.227 e. The maximum Gasteiger partial charge on any atom is 0.227 e. The van der Waals surface area contributed by atoms with Crippen molar-refractivity contribution in [2.75, 3.05) is 19.3 Å². The number of benzene rings is 1. The highest BCUT2D eigenvalue weighted by molar-refractivity contribution is 7.98. The van der Waals surface area contributed by atoms with Crippen LogP contribution in [-0.4, -0.2) is 39.7 Å². The Morgan fingerprint density at radius 1 is 1.23 bits per heavy atom. The van der Waals surface area contributed by atoms with Gasteiger partial charge in [0.05, 0.1) is 6.42 Å². The Kier molecular flexibility index (Phi) is 5.34. The first-order valence-electron chi connectivity index (χ1n) is 9.64. The molecule has 2 heterocycles. The van der Waals surface area contributed by atoms with Gasteiger partial charge in [0, 0.05) is 42.8 Å². The molecule has 5 heteroatoms. The third kappa shape index (κ3) is 4.14. The van der Waals surface area contributed by atoms with Gasteiger partial charge in [-0.3, -0.25) is 4.79 Å². The maximum atomic E-state index is 12.8. The number of amides is 1. The molecule has 1 amide bonds. The quantitative estimate of drug-likeness (QED) is 0.723. The average Bonchev–Trinajstić information content (AvgIpc) is 3.37. The molecule has 4 nitrogen and oxygen atoms in total. The van der Waals surface area contributed by atoms with Gasteiger partial charge in [0.15, 0.2) is 0 Å². The van der Waals surface area contributed by atoms with Crippen molar-refractivity contribution in [3.63, 3.8) is 0 Å². The summed E-state index contributed by atoms with van der Waals surface area (Å²) in [4.78, 5) is 20.7. The van der Waals surface area contributed by atoms with Gasteiger partial charge in [-0.2, -0.15) is 0 Å². The van der Waals surface area contributed by atoms with Gasteiger partial charge in [0.1, 0.15) is 5.82 Å². The molecule has 0 N–H and O–H groups in total. The number of thioether (sulfide) groups is 1. The van der Waals surface area contributed by atoms with Crippen LogP contribution in [0, 0.1) is 5.92 Å². The Morgan fingerprint density at radius 2 is 2.04 bits per heavy atom. The summed E-state index contributed by atoms with van der Waals surface area (Å²) in [6.45, 7) is 2.78. The van der Waals surface area contributed by atoms with Crippen molar-refractivity contribution in [3.8, 4) is 0 Å². The molecule has 2 aliphatic rings. The van der Waals surface area contributed by atoms with E-state index in [1.165, 1.54) is 23.6 Å². The summed E-state index contributed by atoms with van der Waals surface area (Å²) in [6.07, 6.45) is 11.5. The zero-order valence-electron chi connectivity index (χ0n) is 15.4. The molecule has 1 aliphatic heterocycles. The van der Waals surface area contributed by atoms with Gasteiger partial charge in [0.25, 0.3) is 0 Å². The third-order valence-corrected chi connectivity index (χ3v) is 6.30. The molecule has 0 spiro atoms. The number of hydrogen-bond acceptors (Lipinski definition) is 3. The molecule has 2 aromatic rings. The first-order chi connectivity index (χ1) is 12.7. The van der Waals surface area contributed by atoms with Crippen LogP contribution in [0.2, 0.25) is 0 Å². The number of imidazole rings is 1. The Labute approximate surface area is 160 Å². The van der Waals surface area contributed by atoms with Gasteiger partial charge >= 0.3 is 0 Å². The van der Waals surface area contributed by atoms with E-state index in [4.69, 9.17) is 0 Å². The average molecular weight is 370 g/mol. The van der Waals surface area contributed by atoms with E-state index in [1.807, 2.05) is 11.1 Å². The minimum absolute atomic E-state index is 0.243. The van der Waals surface area contributed by atoms with E-state index < -0.39 is 0 Å². The SMILES string of the molecule is CSc1ccc(CC(=O)N2CCCC(c3nccn3CC3CC3)C2)cc1. The Balaban J connectivity index is 1.39. The highest BCUT2D eigenvalue weighted by Crippen LogP contribution is 2.33. The standard InChI is InChI=1S/C21H27N3OS/c1-26-19-8-6-16(7-9-19)13-20(25)23-11-2-3-18(15-23)21-22-10-12-24(21)14-17-4-5-17/h6-10,12,17-18H,2-5,11,13-15H2,1H3. The molecule has 26 heavy (non-hydrogen) atoms. The number of piperidine rings is 1. The molecule has 1 unspecified atom stereocenters. The first-order valence-corrected chi connectivity index (χ1v) is 10.9. The van der Waals surface area contributed by atoms with E-state index in [0.29, 0.717) is 12.3 Å². The van der Waals surface area contributed by atoms with E-state index in [-0.39, 0.29) is 5.91 Å². The molecule has 1 saturated carbocycles. The van der Waals surface area contributed by atoms with Crippen LogP contribution >= 0.6 is 11.8 Å². The molecular weight excluding hydrogens is 342 g/mol. The summed E-state index contributed by atoms with van der Waals surface area (Å²) in [5.41, 5.74) is 1.10. The summed E-state index contributed by atoms with van der Waals surface area (Å²) in [5.74, 6) is 2.64. The first kappa shape index (κ1) is 17.7. The van der Waals surface area contributed by atoms with E-state index in [0.717, 1.165) is 44.0 Å². The van der Waals surface area contributed by atoms with Gasteiger partial charge in [-0.15, -0.1) is 11.8 Å². The number of aromatic nitrogens is 2. The van der Waals surface area contributed by atoms with Crippen LogP contribution < -0.4 is 0 Å². The lowest BCUT2D eigenvalue weighted by atomic mass is 9.96. The molecule has 0 bridgehead atoms. The zero-order valence-corrected chi connectivity index (χ0v) is 16.3. The van der Waals surface area contributed by atoms with Crippen LogP contribution in [0.25, 0.3) is 0 Å². The van der Waals surface area contributed by atoms with Crippen LogP contribution in [0.15, 0.2) is 41.6 Å². The van der Waals surface area contributed by atoms with Gasteiger partial charge < -0.3 is 9.47 Å². The minimum Gasteiger partial charge on any atom is -0.342 e. The van der Waals surface area contributed by atoms with Crippen molar-refractivity contribution >= 4 is 17.7 Å². The lowest BCUT2D eigenvalue weighted by Gasteiger charge is -2.33. The highest BCUT2D eigenvalue weighted by atomic mass is 32.2. The maximum absolute atomic E-state index is 12.8. The van der Waals surface area contributed by atoms with Gasteiger partial charge in [-0.25, -0.2) is 4.98 Å². The second-order valence-corrected chi connectivity index (χ2v) is 8.46. The van der Waals surface area contributed by atoms with Gasteiger partial charge in [-0.1, -0.05) is 12.1 Å². The van der Waals surface area contributed by atoms with Crippen molar-refractivity contribution in [1.29, 1.82) is 0 Å². The fourth-order valence-corrected chi connectivity index (χ4v) is 4.27. The van der Waals surface area contributed by atoms with Crippen LogP contribution in [-0.2, 0) is 17.8 Å².